The van der Waals surface area contributed by atoms with Crippen LogP contribution in [-0.2, 0) is 9.59 Å². The van der Waals surface area contributed by atoms with Crippen LogP contribution in [0.4, 0.5) is 0 Å². The van der Waals surface area contributed by atoms with Crippen LogP contribution in [0.5, 0.6) is 11.5 Å². The third kappa shape index (κ3) is 5.79. The third-order valence-corrected chi connectivity index (χ3v) is 5.59. The molecule has 6 nitrogen and oxygen atoms in total. The largest absolute Gasteiger partial charge is 0.507 e. The monoisotopic (exact) mass is 465 g/mol. The quantitative estimate of drug-likeness (QED) is 0.205. The van der Waals surface area contributed by atoms with Gasteiger partial charge in [0, 0.05) is 12.1 Å². The molecule has 0 bridgehead atoms. The molecule has 34 heavy (non-hydrogen) atoms. The van der Waals surface area contributed by atoms with Crippen LogP contribution in [0.1, 0.15) is 71.0 Å². The van der Waals surface area contributed by atoms with Gasteiger partial charge in [0.1, 0.15) is 17.3 Å². The molecule has 1 amide bonds. The number of nitrogens with zero attached hydrogens (tertiary/aromatic N) is 1. The molecule has 2 aromatic rings. The van der Waals surface area contributed by atoms with Crippen molar-refractivity contribution in [1.29, 1.82) is 0 Å². The summed E-state index contributed by atoms with van der Waals surface area (Å²) >= 11 is 0. The molecule has 1 fully saturated rings. The van der Waals surface area contributed by atoms with E-state index >= 15 is 0 Å². The SMILES string of the molecule is CCCCCN1C(=O)C(=O)/C(=C(\O)c2cccc(OC(C)C)c2)C1c1ccc(OC(C)C)cc1. The topological polar surface area (TPSA) is 76.1 Å². The van der Waals surface area contributed by atoms with Crippen molar-refractivity contribution in [3.8, 4) is 11.5 Å². The van der Waals surface area contributed by atoms with Crippen LogP contribution in [0.2, 0.25) is 0 Å². The number of carbonyl (C=O) groups is 2. The second-order valence-corrected chi connectivity index (χ2v) is 9.13. The minimum Gasteiger partial charge on any atom is -0.507 e. The van der Waals surface area contributed by atoms with Gasteiger partial charge >= 0.3 is 0 Å². The summed E-state index contributed by atoms with van der Waals surface area (Å²) in [7, 11) is 0. The number of ether oxygens (including phenoxy) is 2. The maximum absolute atomic E-state index is 13.2. The molecule has 0 spiro atoms. The van der Waals surface area contributed by atoms with Gasteiger partial charge in [0.2, 0.25) is 0 Å². The lowest BCUT2D eigenvalue weighted by atomic mass is 9.95. The fourth-order valence-electron chi connectivity index (χ4n) is 4.13. The maximum Gasteiger partial charge on any atom is 0.295 e. The molecule has 6 heteroatoms. The number of likely N-dealkylation sites (tertiary alicyclic amines) is 1. The Hall–Kier alpha value is -3.28. The van der Waals surface area contributed by atoms with E-state index in [1.54, 1.807) is 29.2 Å². The number of aliphatic hydroxyl groups is 1. The van der Waals surface area contributed by atoms with E-state index < -0.39 is 17.7 Å². The molecule has 2 aromatic carbocycles. The fraction of sp³-hybridized carbons (Fsp3) is 0.429. The molecule has 0 aromatic heterocycles. The van der Waals surface area contributed by atoms with Gasteiger partial charge < -0.3 is 19.5 Å². The molecule has 1 aliphatic rings. The van der Waals surface area contributed by atoms with Crippen LogP contribution in [-0.4, -0.2) is 40.4 Å². The Balaban J connectivity index is 2.07. The average molecular weight is 466 g/mol. The van der Waals surface area contributed by atoms with Gasteiger partial charge in [0.05, 0.1) is 23.8 Å². The number of aliphatic hydroxyl groups excluding tert-OH is 1. The predicted octanol–water partition coefficient (Wildman–Crippen LogP) is 5.87. The number of rotatable bonds is 10. The Morgan fingerprint density at radius 2 is 1.59 bits per heavy atom. The van der Waals surface area contributed by atoms with Crippen LogP contribution < -0.4 is 9.47 Å². The molecule has 0 aliphatic carbocycles. The number of unbranched alkanes of at least 4 members (excludes halogenated alkanes) is 2. The van der Waals surface area contributed by atoms with Gasteiger partial charge in [0.15, 0.2) is 0 Å². The van der Waals surface area contributed by atoms with E-state index in [1.165, 1.54) is 0 Å². The van der Waals surface area contributed by atoms with Gasteiger partial charge in [-0.15, -0.1) is 0 Å². The Kier molecular flexibility index (Phi) is 8.37. The molecule has 182 valence electrons. The Labute approximate surface area is 202 Å². The number of hydrogen-bond donors (Lipinski definition) is 1. The van der Waals surface area contributed by atoms with Crippen molar-refractivity contribution in [3.63, 3.8) is 0 Å². The number of hydrogen-bond acceptors (Lipinski definition) is 5. The third-order valence-electron chi connectivity index (χ3n) is 5.59. The van der Waals surface area contributed by atoms with E-state index in [2.05, 4.69) is 6.92 Å². The van der Waals surface area contributed by atoms with E-state index in [4.69, 9.17) is 9.47 Å². The van der Waals surface area contributed by atoms with Crippen molar-refractivity contribution in [1.82, 2.24) is 4.90 Å². The van der Waals surface area contributed by atoms with Gasteiger partial charge in [-0.1, -0.05) is 44.0 Å². The van der Waals surface area contributed by atoms with Crippen LogP contribution in [0.3, 0.4) is 0 Å². The molecule has 0 radical (unpaired) electrons. The van der Waals surface area contributed by atoms with Crippen molar-refractivity contribution in [2.24, 2.45) is 0 Å². The van der Waals surface area contributed by atoms with Crippen molar-refractivity contribution >= 4 is 17.4 Å². The Morgan fingerprint density at radius 1 is 0.941 bits per heavy atom. The number of amides is 1. The molecule has 1 unspecified atom stereocenters. The highest BCUT2D eigenvalue weighted by Gasteiger charge is 2.45. The molecular formula is C28H35NO5. The van der Waals surface area contributed by atoms with E-state index in [9.17, 15) is 14.7 Å². The van der Waals surface area contributed by atoms with Crippen molar-refractivity contribution in [2.45, 2.75) is 72.1 Å². The number of ketones is 1. The summed E-state index contributed by atoms with van der Waals surface area (Å²) in [6.07, 6.45) is 2.73. The smallest absolute Gasteiger partial charge is 0.295 e. The summed E-state index contributed by atoms with van der Waals surface area (Å²) < 4.78 is 11.5. The van der Waals surface area contributed by atoms with E-state index in [-0.39, 0.29) is 23.5 Å². The summed E-state index contributed by atoms with van der Waals surface area (Å²) in [5.41, 5.74) is 1.29. The normalized spacial score (nSPS) is 17.6. The van der Waals surface area contributed by atoms with Gasteiger partial charge in [-0.25, -0.2) is 0 Å². The zero-order chi connectivity index (χ0) is 24.8. The molecule has 1 N–H and O–H groups in total. The molecule has 1 saturated heterocycles. The summed E-state index contributed by atoms with van der Waals surface area (Å²) in [5.74, 6) is -0.155. The highest BCUT2D eigenvalue weighted by molar-refractivity contribution is 6.46. The summed E-state index contributed by atoms with van der Waals surface area (Å²) in [4.78, 5) is 27.8. The van der Waals surface area contributed by atoms with E-state index in [0.29, 0.717) is 23.6 Å². The first kappa shape index (κ1) is 25.3. The number of benzene rings is 2. The first-order valence-corrected chi connectivity index (χ1v) is 12.0. The van der Waals surface area contributed by atoms with Gasteiger partial charge in [-0.2, -0.15) is 0 Å². The molecule has 0 saturated carbocycles. The number of Topliss-reactive ketones (excluding diaryl/α,β-unsaturated/α-hetero) is 1. The average Bonchev–Trinajstić information content (AvgIpc) is 3.03. The standard InChI is InChI=1S/C28H35NO5/c1-6-7-8-16-29-25(20-12-14-22(15-13-20)33-18(2)3)24(27(31)28(29)32)26(30)21-10-9-11-23(17-21)34-19(4)5/h9-15,17-19,25,30H,6-8,16H2,1-5H3/b26-24-. The minimum absolute atomic E-state index is 0.0332. The van der Waals surface area contributed by atoms with Crippen molar-refractivity contribution in [2.75, 3.05) is 6.54 Å². The Morgan fingerprint density at radius 3 is 2.21 bits per heavy atom. The van der Waals surface area contributed by atoms with Crippen molar-refractivity contribution < 1.29 is 24.2 Å². The van der Waals surface area contributed by atoms with Crippen LogP contribution >= 0.6 is 0 Å². The second kappa shape index (κ2) is 11.2. The lowest BCUT2D eigenvalue weighted by molar-refractivity contribution is -0.139. The summed E-state index contributed by atoms with van der Waals surface area (Å²) in [6.45, 7) is 10.3. The first-order valence-electron chi connectivity index (χ1n) is 12.0. The zero-order valence-corrected chi connectivity index (χ0v) is 20.7. The van der Waals surface area contributed by atoms with Crippen LogP contribution in [0.25, 0.3) is 5.76 Å². The fourth-order valence-corrected chi connectivity index (χ4v) is 4.13. The van der Waals surface area contributed by atoms with Gasteiger partial charge in [0.25, 0.3) is 11.7 Å². The summed E-state index contributed by atoms with van der Waals surface area (Å²) in [5, 5.41) is 11.3. The molecular weight excluding hydrogens is 430 g/mol. The predicted molar refractivity (Wildman–Crippen MR) is 133 cm³/mol. The molecule has 1 atom stereocenters. The van der Waals surface area contributed by atoms with Gasteiger partial charge in [-0.3, -0.25) is 9.59 Å². The highest BCUT2D eigenvalue weighted by Crippen LogP contribution is 2.40. The van der Waals surface area contributed by atoms with E-state index in [1.807, 2.05) is 52.0 Å². The maximum atomic E-state index is 13.2. The lowest BCUT2D eigenvalue weighted by Crippen LogP contribution is -2.30. The second-order valence-electron chi connectivity index (χ2n) is 9.13. The van der Waals surface area contributed by atoms with Gasteiger partial charge in [-0.05, 0) is 63.9 Å². The number of carbonyl (C=O) groups excluding carboxylic acids is 2. The van der Waals surface area contributed by atoms with Crippen LogP contribution in [0.15, 0.2) is 54.1 Å². The first-order chi connectivity index (χ1) is 16.2. The molecule has 1 aliphatic heterocycles. The molecule has 1 heterocycles. The lowest BCUT2D eigenvalue weighted by Gasteiger charge is -2.25. The Bertz CT molecular complexity index is 1040. The van der Waals surface area contributed by atoms with E-state index in [0.717, 1.165) is 24.8 Å². The zero-order valence-electron chi connectivity index (χ0n) is 20.7. The molecule has 3 rings (SSSR count). The summed E-state index contributed by atoms with van der Waals surface area (Å²) in [6, 6.07) is 13.7. The highest BCUT2D eigenvalue weighted by atomic mass is 16.5. The van der Waals surface area contributed by atoms with Crippen molar-refractivity contribution in [3.05, 3.63) is 65.2 Å². The van der Waals surface area contributed by atoms with Crippen LogP contribution in [0, 0.1) is 0 Å². The minimum atomic E-state index is -0.670.